The van der Waals surface area contributed by atoms with Crippen molar-refractivity contribution >= 4 is 10.0 Å². The first kappa shape index (κ1) is 13.7. The van der Waals surface area contributed by atoms with Crippen LogP contribution < -0.4 is 4.72 Å². The highest BCUT2D eigenvalue weighted by atomic mass is 32.2. The second-order valence-electron chi connectivity index (χ2n) is 4.05. The number of nitrogens with one attached hydrogen (secondary N) is 1. The summed E-state index contributed by atoms with van der Waals surface area (Å²) in [6, 6.07) is 6.20. The van der Waals surface area contributed by atoms with Crippen LogP contribution in [-0.4, -0.2) is 18.7 Å². The van der Waals surface area contributed by atoms with Crippen LogP contribution in [0.1, 0.15) is 16.9 Å². The van der Waals surface area contributed by atoms with Gasteiger partial charge in [-0.1, -0.05) is 11.2 Å². The Bertz CT molecular complexity index is 650. The van der Waals surface area contributed by atoms with Gasteiger partial charge in [-0.2, -0.15) is 0 Å². The van der Waals surface area contributed by atoms with Crippen molar-refractivity contribution in [2.45, 2.75) is 25.0 Å². The summed E-state index contributed by atoms with van der Waals surface area (Å²) < 4.78 is 31.3. The van der Waals surface area contributed by atoms with Crippen molar-refractivity contribution in [3.8, 4) is 0 Å². The average Bonchev–Trinajstić information content (AvgIpc) is 2.90. The smallest absolute Gasteiger partial charge is 0.240 e. The van der Waals surface area contributed by atoms with Gasteiger partial charge in [0.15, 0.2) is 5.76 Å². The van der Waals surface area contributed by atoms with Gasteiger partial charge in [0.05, 0.1) is 24.2 Å². The van der Waals surface area contributed by atoms with Gasteiger partial charge >= 0.3 is 0 Å². The normalized spacial score (nSPS) is 11.7. The molecule has 0 fully saturated rings. The van der Waals surface area contributed by atoms with Crippen LogP contribution in [0.25, 0.3) is 0 Å². The molecule has 7 heteroatoms. The van der Waals surface area contributed by atoms with Crippen LogP contribution in [0.4, 0.5) is 0 Å². The number of nitrogens with zero attached hydrogens (tertiary/aromatic N) is 1. The Morgan fingerprint density at radius 1 is 1.37 bits per heavy atom. The van der Waals surface area contributed by atoms with Crippen molar-refractivity contribution in [1.29, 1.82) is 0 Å². The fourth-order valence-corrected chi connectivity index (χ4v) is 2.61. The number of benzene rings is 1. The Balaban J connectivity index is 2.19. The molecule has 0 unspecified atom stereocenters. The van der Waals surface area contributed by atoms with Crippen LogP contribution in [0.3, 0.4) is 0 Å². The Morgan fingerprint density at radius 3 is 2.79 bits per heavy atom. The van der Waals surface area contributed by atoms with Crippen molar-refractivity contribution in [3.63, 3.8) is 0 Å². The van der Waals surface area contributed by atoms with Crippen LogP contribution in [0.5, 0.6) is 0 Å². The van der Waals surface area contributed by atoms with Gasteiger partial charge in [0.2, 0.25) is 10.0 Å². The summed E-state index contributed by atoms with van der Waals surface area (Å²) in [5.74, 6) is 0.429. The monoisotopic (exact) mass is 282 g/mol. The largest absolute Gasteiger partial charge is 0.392 e. The highest BCUT2D eigenvalue weighted by Crippen LogP contribution is 2.16. The van der Waals surface area contributed by atoms with Gasteiger partial charge in [-0.15, -0.1) is 0 Å². The van der Waals surface area contributed by atoms with E-state index < -0.39 is 10.0 Å². The first-order chi connectivity index (χ1) is 9.03. The molecular weight excluding hydrogens is 268 g/mol. The number of rotatable bonds is 5. The third-order valence-corrected chi connectivity index (χ3v) is 4.13. The molecule has 0 spiro atoms. The molecule has 0 radical (unpaired) electrons. The number of aliphatic hydroxyl groups is 1. The molecule has 19 heavy (non-hydrogen) atoms. The third kappa shape index (κ3) is 3.19. The van der Waals surface area contributed by atoms with E-state index in [0.717, 1.165) is 5.56 Å². The molecule has 0 amide bonds. The number of aromatic nitrogens is 1. The summed E-state index contributed by atoms with van der Waals surface area (Å²) in [6.45, 7) is 1.64. The topological polar surface area (TPSA) is 92.4 Å². The highest BCUT2D eigenvalue weighted by molar-refractivity contribution is 7.89. The molecular formula is C12H14N2O4S. The molecule has 0 saturated heterocycles. The number of aryl methyl sites for hydroxylation is 1. The van der Waals surface area contributed by atoms with Gasteiger partial charge in [0.1, 0.15) is 0 Å². The molecule has 6 nitrogen and oxygen atoms in total. The molecule has 102 valence electrons. The fraction of sp³-hybridized carbons (Fsp3) is 0.250. The van der Waals surface area contributed by atoms with Crippen LogP contribution in [0.2, 0.25) is 0 Å². The quantitative estimate of drug-likeness (QED) is 0.852. The van der Waals surface area contributed by atoms with E-state index in [1.165, 1.54) is 18.3 Å². The second kappa shape index (κ2) is 5.52. The second-order valence-corrected chi connectivity index (χ2v) is 5.82. The van der Waals surface area contributed by atoms with Gasteiger partial charge in [0.25, 0.3) is 0 Å². The molecule has 0 saturated carbocycles. The van der Waals surface area contributed by atoms with E-state index in [2.05, 4.69) is 9.88 Å². The maximum absolute atomic E-state index is 12.1. The van der Waals surface area contributed by atoms with E-state index in [4.69, 9.17) is 9.63 Å². The Labute approximate surface area is 111 Å². The van der Waals surface area contributed by atoms with Crippen LogP contribution in [0.15, 0.2) is 39.9 Å². The molecule has 0 bridgehead atoms. The lowest BCUT2D eigenvalue weighted by atomic mass is 10.1. The summed E-state index contributed by atoms with van der Waals surface area (Å²) in [5, 5.41) is 12.6. The molecule has 0 atom stereocenters. The van der Waals surface area contributed by atoms with Crippen molar-refractivity contribution in [3.05, 3.63) is 47.3 Å². The zero-order valence-corrected chi connectivity index (χ0v) is 11.1. The first-order valence-corrected chi connectivity index (χ1v) is 7.11. The van der Waals surface area contributed by atoms with Crippen LogP contribution >= 0.6 is 0 Å². The molecule has 0 aliphatic rings. The summed E-state index contributed by atoms with van der Waals surface area (Å²) in [6.07, 6.45) is 1.44. The average molecular weight is 282 g/mol. The lowest BCUT2D eigenvalue weighted by molar-refractivity contribution is 0.280. The Morgan fingerprint density at radius 2 is 2.16 bits per heavy atom. The van der Waals surface area contributed by atoms with Crippen molar-refractivity contribution < 1.29 is 18.0 Å². The lowest BCUT2D eigenvalue weighted by Gasteiger charge is -2.08. The Hall–Kier alpha value is -1.70. The number of hydrogen-bond donors (Lipinski definition) is 2. The van der Waals surface area contributed by atoms with Gasteiger partial charge in [0, 0.05) is 6.07 Å². The summed E-state index contributed by atoms with van der Waals surface area (Å²) in [5.41, 5.74) is 1.43. The summed E-state index contributed by atoms with van der Waals surface area (Å²) in [4.78, 5) is 0.113. The van der Waals surface area contributed by atoms with Crippen LogP contribution in [-0.2, 0) is 23.2 Å². The first-order valence-electron chi connectivity index (χ1n) is 5.62. The van der Waals surface area contributed by atoms with E-state index in [1.54, 1.807) is 12.1 Å². The minimum Gasteiger partial charge on any atom is -0.392 e. The van der Waals surface area contributed by atoms with Crippen molar-refractivity contribution in [2.24, 2.45) is 0 Å². The molecule has 1 aromatic heterocycles. The van der Waals surface area contributed by atoms with E-state index >= 15 is 0 Å². The molecule has 1 heterocycles. The number of aliphatic hydroxyl groups excluding tert-OH is 1. The molecule has 2 rings (SSSR count). The molecule has 0 aliphatic heterocycles. The molecule has 0 aliphatic carbocycles. The standard InChI is InChI=1S/C12H14N2O4S/c1-9-2-3-12(6-10(9)8-15)19(16,17)14-7-11-4-5-13-18-11/h2-6,14-15H,7-8H2,1H3. The highest BCUT2D eigenvalue weighted by Gasteiger charge is 2.15. The van der Waals surface area contributed by atoms with Crippen molar-refractivity contribution in [2.75, 3.05) is 0 Å². The van der Waals surface area contributed by atoms with E-state index in [1.807, 2.05) is 6.92 Å². The minimum absolute atomic E-state index is 0.0324. The number of hydrogen-bond acceptors (Lipinski definition) is 5. The van der Waals surface area contributed by atoms with Crippen LogP contribution in [0, 0.1) is 6.92 Å². The third-order valence-electron chi connectivity index (χ3n) is 2.73. The van der Waals surface area contributed by atoms with Gasteiger partial charge in [-0.05, 0) is 30.2 Å². The predicted octanol–water partition coefficient (Wildman–Crippen LogP) is 0.954. The lowest BCUT2D eigenvalue weighted by Crippen LogP contribution is -2.23. The number of sulfonamides is 1. The SMILES string of the molecule is Cc1ccc(S(=O)(=O)NCc2ccno2)cc1CO. The maximum atomic E-state index is 12.1. The summed E-state index contributed by atoms with van der Waals surface area (Å²) in [7, 11) is -3.63. The van der Waals surface area contributed by atoms with E-state index in [9.17, 15) is 8.42 Å². The van der Waals surface area contributed by atoms with Crippen molar-refractivity contribution in [1.82, 2.24) is 9.88 Å². The van der Waals surface area contributed by atoms with Gasteiger partial charge < -0.3 is 9.63 Å². The van der Waals surface area contributed by atoms with Gasteiger partial charge in [-0.3, -0.25) is 0 Å². The maximum Gasteiger partial charge on any atom is 0.240 e. The predicted molar refractivity (Wildman–Crippen MR) is 67.6 cm³/mol. The van der Waals surface area contributed by atoms with Gasteiger partial charge in [-0.25, -0.2) is 13.1 Å². The zero-order chi connectivity index (χ0) is 13.9. The van der Waals surface area contributed by atoms with E-state index in [-0.39, 0.29) is 18.0 Å². The minimum atomic E-state index is -3.63. The zero-order valence-electron chi connectivity index (χ0n) is 10.3. The summed E-state index contributed by atoms with van der Waals surface area (Å²) >= 11 is 0. The molecule has 2 aromatic rings. The van der Waals surface area contributed by atoms with E-state index in [0.29, 0.717) is 11.3 Å². The molecule has 2 N–H and O–H groups in total. The molecule has 1 aromatic carbocycles. The Kier molecular flexibility index (Phi) is 3.98. The fourth-order valence-electron chi connectivity index (χ4n) is 1.57.